The molecule has 126 valence electrons. The van der Waals surface area contributed by atoms with Gasteiger partial charge in [-0.3, -0.25) is 9.59 Å². The van der Waals surface area contributed by atoms with E-state index >= 15 is 0 Å². The number of nitrogens with one attached hydrogen (secondary N) is 2. The molecule has 0 atom stereocenters. The molecule has 1 amide bonds. The van der Waals surface area contributed by atoms with Crippen molar-refractivity contribution in [3.05, 3.63) is 80.4 Å². The first kappa shape index (κ1) is 17.0. The van der Waals surface area contributed by atoms with Gasteiger partial charge in [0, 0.05) is 27.5 Å². The monoisotopic (exact) mass is 401 g/mol. The average Bonchev–Trinajstić information content (AvgIpc) is 2.54. The van der Waals surface area contributed by atoms with Gasteiger partial charge >= 0.3 is 0 Å². The molecule has 0 saturated heterocycles. The third kappa shape index (κ3) is 4.00. The number of anilines is 1. The number of nitrogens with zero attached hydrogens (tertiary/aromatic N) is 1. The van der Waals surface area contributed by atoms with Crippen LogP contribution in [0.2, 0.25) is 0 Å². The van der Waals surface area contributed by atoms with Crippen LogP contribution in [0.25, 0.3) is 11.4 Å². The van der Waals surface area contributed by atoms with Crippen LogP contribution in [0, 0.1) is 12.7 Å². The molecule has 7 heteroatoms. The van der Waals surface area contributed by atoms with Crippen molar-refractivity contribution < 1.29 is 9.18 Å². The molecule has 5 nitrogen and oxygen atoms in total. The average molecular weight is 402 g/mol. The summed E-state index contributed by atoms with van der Waals surface area (Å²) in [4.78, 5) is 30.9. The Labute approximate surface area is 151 Å². The Morgan fingerprint density at radius 3 is 2.72 bits per heavy atom. The molecule has 0 radical (unpaired) electrons. The van der Waals surface area contributed by atoms with E-state index in [2.05, 4.69) is 31.2 Å². The van der Waals surface area contributed by atoms with E-state index in [1.807, 2.05) is 0 Å². The van der Waals surface area contributed by atoms with Crippen molar-refractivity contribution in [2.45, 2.75) is 6.92 Å². The van der Waals surface area contributed by atoms with Crippen molar-refractivity contribution in [1.82, 2.24) is 9.97 Å². The van der Waals surface area contributed by atoms with E-state index in [1.54, 1.807) is 31.2 Å². The van der Waals surface area contributed by atoms with Crippen molar-refractivity contribution in [3.8, 4) is 11.4 Å². The van der Waals surface area contributed by atoms with E-state index in [-0.39, 0.29) is 11.5 Å². The smallest absolute Gasteiger partial charge is 0.256 e. The molecular weight excluding hydrogens is 389 g/mol. The minimum absolute atomic E-state index is 0.243. The first-order valence-electron chi connectivity index (χ1n) is 7.37. The maximum absolute atomic E-state index is 13.1. The number of hydrogen-bond acceptors (Lipinski definition) is 3. The van der Waals surface area contributed by atoms with Crippen LogP contribution in [0.1, 0.15) is 16.1 Å². The predicted molar refractivity (Wildman–Crippen MR) is 97.1 cm³/mol. The molecule has 25 heavy (non-hydrogen) atoms. The quantitative estimate of drug-likeness (QED) is 0.698. The first-order valence-corrected chi connectivity index (χ1v) is 8.16. The molecule has 0 saturated carbocycles. The highest BCUT2D eigenvalue weighted by atomic mass is 79.9. The number of H-pyrrole nitrogens is 1. The molecular formula is C18H13BrFN3O2. The van der Waals surface area contributed by atoms with Gasteiger partial charge in [0.2, 0.25) is 0 Å². The van der Waals surface area contributed by atoms with Crippen LogP contribution in [-0.2, 0) is 0 Å². The number of aromatic amines is 1. The van der Waals surface area contributed by atoms with E-state index in [1.165, 1.54) is 24.3 Å². The zero-order chi connectivity index (χ0) is 18.0. The molecule has 1 aromatic heterocycles. The van der Waals surface area contributed by atoms with E-state index < -0.39 is 5.82 Å². The fourth-order valence-electron chi connectivity index (χ4n) is 2.33. The summed E-state index contributed by atoms with van der Waals surface area (Å²) in [6.07, 6.45) is 0. The van der Waals surface area contributed by atoms with Crippen LogP contribution in [-0.4, -0.2) is 15.9 Å². The van der Waals surface area contributed by atoms with Crippen LogP contribution < -0.4 is 10.9 Å². The summed E-state index contributed by atoms with van der Waals surface area (Å²) in [7, 11) is 0. The molecule has 2 aromatic carbocycles. The highest BCUT2D eigenvalue weighted by molar-refractivity contribution is 9.10. The van der Waals surface area contributed by atoms with Gasteiger partial charge in [0.15, 0.2) is 0 Å². The van der Waals surface area contributed by atoms with Gasteiger partial charge in [0.25, 0.3) is 11.5 Å². The molecule has 1 heterocycles. The molecule has 3 aromatic rings. The summed E-state index contributed by atoms with van der Waals surface area (Å²) in [6.45, 7) is 1.73. The molecule has 0 aliphatic heterocycles. The predicted octanol–water partition coefficient (Wildman–Crippen LogP) is 3.90. The fraction of sp³-hybridized carbons (Fsp3) is 0.0556. The van der Waals surface area contributed by atoms with E-state index in [0.717, 1.165) is 0 Å². The van der Waals surface area contributed by atoms with Gasteiger partial charge in [-0.2, -0.15) is 0 Å². The summed E-state index contributed by atoms with van der Waals surface area (Å²) in [6, 6.07) is 12.2. The highest BCUT2D eigenvalue weighted by Gasteiger charge is 2.12. The lowest BCUT2D eigenvalue weighted by Gasteiger charge is -2.09. The highest BCUT2D eigenvalue weighted by Crippen LogP contribution is 2.22. The maximum atomic E-state index is 13.1. The lowest BCUT2D eigenvalue weighted by Crippen LogP contribution is -2.13. The zero-order valence-electron chi connectivity index (χ0n) is 13.1. The van der Waals surface area contributed by atoms with Crippen molar-refractivity contribution in [2.24, 2.45) is 0 Å². The number of carbonyl (C=O) groups is 1. The largest absolute Gasteiger partial charge is 0.322 e. The van der Waals surface area contributed by atoms with Crippen LogP contribution in [0.3, 0.4) is 0 Å². The lowest BCUT2D eigenvalue weighted by molar-refractivity contribution is 0.102. The summed E-state index contributed by atoms with van der Waals surface area (Å²) >= 11 is 3.18. The molecule has 0 aliphatic carbocycles. The lowest BCUT2D eigenvalue weighted by atomic mass is 10.1. The Kier molecular flexibility index (Phi) is 4.76. The second kappa shape index (κ2) is 6.98. The molecule has 0 bridgehead atoms. The molecule has 0 unspecified atom stereocenters. The van der Waals surface area contributed by atoms with Gasteiger partial charge in [-0.15, -0.1) is 0 Å². The number of halogens is 2. The van der Waals surface area contributed by atoms with Gasteiger partial charge in [-0.25, -0.2) is 9.37 Å². The van der Waals surface area contributed by atoms with Crippen LogP contribution in [0.5, 0.6) is 0 Å². The van der Waals surface area contributed by atoms with Crippen molar-refractivity contribution in [1.29, 1.82) is 0 Å². The molecule has 2 N–H and O–H groups in total. The van der Waals surface area contributed by atoms with Gasteiger partial charge in [0.1, 0.15) is 11.6 Å². The van der Waals surface area contributed by atoms with E-state index in [9.17, 15) is 14.0 Å². The summed E-state index contributed by atoms with van der Waals surface area (Å²) in [5, 5.41) is 2.75. The van der Waals surface area contributed by atoms with Gasteiger partial charge < -0.3 is 10.3 Å². The Bertz CT molecular complexity index is 1020. The van der Waals surface area contributed by atoms with Crippen molar-refractivity contribution in [2.75, 3.05) is 5.32 Å². The number of amides is 1. The maximum Gasteiger partial charge on any atom is 0.256 e. The number of rotatable bonds is 3. The standard InChI is InChI=1S/C18H13BrFN3O2/c1-10-7-16(24)23-17(21-10)11-3-2-4-13(8-11)22-18(25)14-6-5-12(20)9-15(14)19/h2-9H,1H3,(H,22,25)(H,21,23,24). The second-order valence-electron chi connectivity index (χ2n) is 5.39. The second-order valence-corrected chi connectivity index (χ2v) is 6.25. The van der Waals surface area contributed by atoms with Crippen LogP contribution >= 0.6 is 15.9 Å². The summed E-state index contributed by atoms with van der Waals surface area (Å²) in [5.74, 6) is -0.390. The molecule has 3 rings (SSSR count). The topological polar surface area (TPSA) is 74.8 Å². The minimum Gasteiger partial charge on any atom is -0.322 e. The van der Waals surface area contributed by atoms with Crippen molar-refractivity contribution in [3.63, 3.8) is 0 Å². The minimum atomic E-state index is -0.431. The summed E-state index contributed by atoms with van der Waals surface area (Å²) < 4.78 is 13.5. The molecule has 0 spiro atoms. The van der Waals surface area contributed by atoms with E-state index in [0.29, 0.717) is 32.8 Å². The third-order valence-corrected chi connectivity index (χ3v) is 4.10. The Morgan fingerprint density at radius 2 is 2.00 bits per heavy atom. The number of hydrogen-bond donors (Lipinski definition) is 2. The Hall–Kier alpha value is -2.80. The zero-order valence-corrected chi connectivity index (χ0v) is 14.7. The number of aryl methyl sites for hydroxylation is 1. The first-order chi connectivity index (χ1) is 11.9. The molecule has 0 fully saturated rings. The third-order valence-electron chi connectivity index (χ3n) is 3.44. The number of carbonyl (C=O) groups excluding carboxylic acids is 1. The van der Waals surface area contributed by atoms with E-state index in [4.69, 9.17) is 0 Å². The van der Waals surface area contributed by atoms with Gasteiger partial charge in [-0.05, 0) is 53.2 Å². The van der Waals surface area contributed by atoms with Crippen LogP contribution in [0.15, 0.2) is 57.8 Å². The fourth-order valence-corrected chi connectivity index (χ4v) is 2.86. The van der Waals surface area contributed by atoms with Gasteiger partial charge in [-0.1, -0.05) is 12.1 Å². The SMILES string of the molecule is Cc1cc(=O)[nH]c(-c2cccc(NC(=O)c3ccc(F)cc3Br)c2)n1. The van der Waals surface area contributed by atoms with Gasteiger partial charge in [0.05, 0.1) is 5.56 Å². The number of aromatic nitrogens is 2. The summed E-state index contributed by atoms with van der Waals surface area (Å²) in [5.41, 5.74) is 1.86. The Balaban J connectivity index is 1.89. The number of benzene rings is 2. The molecule has 0 aliphatic rings. The van der Waals surface area contributed by atoms with Crippen molar-refractivity contribution >= 4 is 27.5 Å². The Morgan fingerprint density at radius 1 is 1.20 bits per heavy atom. The normalized spacial score (nSPS) is 10.5. The van der Waals surface area contributed by atoms with Crippen LogP contribution in [0.4, 0.5) is 10.1 Å².